The number of hydrogen-bond acceptors (Lipinski definition) is 7. The molecule has 11 heteroatoms. The smallest absolute Gasteiger partial charge is 0.341 e. The Morgan fingerprint density at radius 3 is 2.39 bits per heavy atom. The Balaban J connectivity index is 1.71. The lowest BCUT2D eigenvalue weighted by Crippen LogP contribution is -2.33. The molecule has 0 unspecified atom stereocenters. The maximum absolute atomic E-state index is 12.6. The fraction of sp³-hybridized carbons (Fsp3) is 0.240. The second-order valence-electron chi connectivity index (χ2n) is 7.97. The van der Waals surface area contributed by atoms with Gasteiger partial charge in [0.1, 0.15) is 5.00 Å². The van der Waals surface area contributed by atoms with E-state index in [0.29, 0.717) is 5.00 Å². The molecule has 3 rings (SSSR count). The minimum absolute atomic E-state index is 0.0561. The molecule has 0 saturated carbocycles. The van der Waals surface area contributed by atoms with Gasteiger partial charge in [0.25, 0.3) is 5.91 Å². The molecule has 0 fully saturated rings. The number of carbonyl (C=O) groups is 3. The summed E-state index contributed by atoms with van der Waals surface area (Å²) in [5.41, 5.74) is 1.18. The Morgan fingerprint density at radius 1 is 1.00 bits per heavy atom. The maximum atomic E-state index is 12.6. The van der Waals surface area contributed by atoms with Gasteiger partial charge in [-0.25, -0.2) is 17.9 Å². The lowest BCUT2D eigenvalue weighted by molar-refractivity contribution is -0.115. The van der Waals surface area contributed by atoms with Crippen molar-refractivity contribution in [1.29, 1.82) is 0 Å². The molecule has 2 amide bonds. The van der Waals surface area contributed by atoms with Gasteiger partial charge in [0.2, 0.25) is 15.9 Å². The van der Waals surface area contributed by atoms with E-state index < -0.39 is 27.8 Å². The Morgan fingerprint density at radius 2 is 1.72 bits per heavy atom. The van der Waals surface area contributed by atoms with Crippen LogP contribution in [0.5, 0.6) is 0 Å². The van der Waals surface area contributed by atoms with E-state index in [1.165, 1.54) is 35.6 Å². The first-order valence-corrected chi connectivity index (χ1v) is 13.5. The van der Waals surface area contributed by atoms with Crippen molar-refractivity contribution in [3.63, 3.8) is 0 Å². The zero-order valence-electron chi connectivity index (χ0n) is 20.0. The number of ether oxygens (including phenoxy) is 1. The van der Waals surface area contributed by atoms with E-state index in [4.69, 9.17) is 4.74 Å². The predicted molar refractivity (Wildman–Crippen MR) is 139 cm³/mol. The van der Waals surface area contributed by atoms with Crippen molar-refractivity contribution in [2.75, 3.05) is 18.5 Å². The zero-order chi connectivity index (χ0) is 26.3. The van der Waals surface area contributed by atoms with Gasteiger partial charge in [-0.05, 0) is 50.6 Å². The first kappa shape index (κ1) is 27.1. The standard InChI is InChI=1S/C25H27N3O6S2/c1-4-34-25(31)20-14-21(17-9-6-5-7-10-17)35-24(20)27-22(29)15-26-23(30)18-11-8-12-19(13-18)36(32,33)28-16(2)3/h5-14,16,28H,4,15H2,1-3H3,(H,26,30)(H,27,29). The van der Waals surface area contributed by atoms with Crippen LogP contribution in [0.4, 0.5) is 5.00 Å². The van der Waals surface area contributed by atoms with Crippen molar-refractivity contribution in [3.8, 4) is 10.4 Å². The van der Waals surface area contributed by atoms with Crippen molar-refractivity contribution < 1.29 is 27.5 Å². The minimum atomic E-state index is -3.78. The highest BCUT2D eigenvalue weighted by Crippen LogP contribution is 2.35. The summed E-state index contributed by atoms with van der Waals surface area (Å²) in [6.07, 6.45) is 0. The van der Waals surface area contributed by atoms with Crippen LogP contribution in [0.15, 0.2) is 65.6 Å². The highest BCUT2D eigenvalue weighted by atomic mass is 32.2. The van der Waals surface area contributed by atoms with Crippen LogP contribution >= 0.6 is 11.3 Å². The van der Waals surface area contributed by atoms with E-state index in [0.717, 1.165) is 10.4 Å². The molecule has 0 saturated heterocycles. The molecule has 0 atom stereocenters. The number of benzene rings is 2. The molecule has 3 aromatic rings. The van der Waals surface area contributed by atoms with E-state index in [2.05, 4.69) is 15.4 Å². The molecule has 1 aromatic heterocycles. The first-order valence-electron chi connectivity index (χ1n) is 11.2. The summed E-state index contributed by atoms with van der Waals surface area (Å²) < 4.78 is 32.3. The van der Waals surface area contributed by atoms with E-state index in [1.54, 1.807) is 26.8 Å². The maximum Gasteiger partial charge on any atom is 0.341 e. The second kappa shape index (κ2) is 11.9. The van der Waals surface area contributed by atoms with E-state index in [9.17, 15) is 22.8 Å². The van der Waals surface area contributed by atoms with Gasteiger partial charge in [-0.1, -0.05) is 36.4 Å². The van der Waals surface area contributed by atoms with Crippen LogP contribution in [0.1, 0.15) is 41.5 Å². The number of sulfonamides is 1. The molecule has 3 N–H and O–H groups in total. The third-order valence-corrected chi connectivity index (χ3v) is 7.50. The molecule has 0 spiro atoms. The van der Waals surface area contributed by atoms with Gasteiger partial charge in [0.15, 0.2) is 0 Å². The van der Waals surface area contributed by atoms with Gasteiger partial charge < -0.3 is 15.4 Å². The van der Waals surface area contributed by atoms with Crippen molar-refractivity contribution >= 4 is 44.1 Å². The molecule has 9 nitrogen and oxygen atoms in total. The van der Waals surface area contributed by atoms with Crippen LogP contribution in [0.2, 0.25) is 0 Å². The third kappa shape index (κ3) is 7.00. The molecule has 2 aromatic carbocycles. The molecule has 0 aliphatic carbocycles. The van der Waals surface area contributed by atoms with Crippen LogP contribution in [0, 0.1) is 0 Å². The molecular weight excluding hydrogens is 502 g/mol. The van der Waals surface area contributed by atoms with Crippen molar-refractivity contribution in [2.45, 2.75) is 31.7 Å². The SMILES string of the molecule is CCOC(=O)c1cc(-c2ccccc2)sc1NC(=O)CNC(=O)c1cccc(S(=O)(=O)NC(C)C)c1. The molecule has 0 aliphatic rings. The number of amides is 2. The number of carbonyl (C=O) groups excluding carboxylic acids is 3. The number of esters is 1. The normalized spacial score (nSPS) is 11.2. The number of anilines is 1. The van der Waals surface area contributed by atoms with Crippen LogP contribution in [-0.4, -0.2) is 45.4 Å². The quantitative estimate of drug-likeness (QED) is 0.344. The van der Waals surface area contributed by atoms with Crippen molar-refractivity contribution in [2.24, 2.45) is 0 Å². The molecule has 1 heterocycles. The molecule has 0 radical (unpaired) electrons. The summed E-state index contributed by atoms with van der Waals surface area (Å²) in [5, 5.41) is 5.44. The van der Waals surface area contributed by atoms with Gasteiger partial charge >= 0.3 is 5.97 Å². The van der Waals surface area contributed by atoms with E-state index >= 15 is 0 Å². The number of nitrogens with one attached hydrogen (secondary N) is 3. The van der Waals surface area contributed by atoms with Crippen LogP contribution < -0.4 is 15.4 Å². The molecule has 190 valence electrons. The number of rotatable bonds is 10. The lowest BCUT2D eigenvalue weighted by atomic mass is 10.1. The molecule has 36 heavy (non-hydrogen) atoms. The average Bonchev–Trinajstić information content (AvgIpc) is 3.26. The Labute approximate surface area is 213 Å². The summed E-state index contributed by atoms with van der Waals surface area (Å²) in [6.45, 7) is 4.86. The second-order valence-corrected chi connectivity index (χ2v) is 10.7. The van der Waals surface area contributed by atoms with Gasteiger partial charge in [-0.3, -0.25) is 9.59 Å². The Hall–Kier alpha value is -3.54. The van der Waals surface area contributed by atoms with Gasteiger partial charge in [-0.15, -0.1) is 11.3 Å². The predicted octanol–water partition coefficient (Wildman–Crippen LogP) is 3.65. The molecule has 0 bridgehead atoms. The highest BCUT2D eigenvalue weighted by Gasteiger charge is 2.21. The lowest BCUT2D eigenvalue weighted by Gasteiger charge is -2.11. The Kier molecular flexibility index (Phi) is 8.97. The summed E-state index contributed by atoms with van der Waals surface area (Å²) in [4.78, 5) is 38.3. The van der Waals surface area contributed by atoms with Crippen LogP contribution in [0.25, 0.3) is 10.4 Å². The fourth-order valence-corrected chi connectivity index (χ4v) is 5.57. The average molecular weight is 530 g/mol. The molecular formula is C25H27N3O6S2. The van der Waals surface area contributed by atoms with Crippen LogP contribution in [0.3, 0.4) is 0 Å². The number of thiophene rings is 1. The summed E-state index contributed by atoms with van der Waals surface area (Å²) in [7, 11) is -3.78. The van der Waals surface area contributed by atoms with E-state index in [1.807, 2.05) is 30.3 Å². The summed E-state index contributed by atoms with van der Waals surface area (Å²) in [6, 6.07) is 16.2. The molecule has 0 aliphatic heterocycles. The van der Waals surface area contributed by atoms with Gasteiger partial charge in [0, 0.05) is 16.5 Å². The summed E-state index contributed by atoms with van der Waals surface area (Å²) >= 11 is 1.22. The third-order valence-electron chi connectivity index (χ3n) is 4.75. The fourth-order valence-electron chi connectivity index (χ4n) is 3.21. The highest BCUT2D eigenvalue weighted by molar-refractivity contribution is 7.89. The van der Waals surface area contributed by atoms with E-state index in [-0.39, 0.29) is 35.2 Å². The van der Waals surface area contributed by atoms with Crippen LogP contribution in [-0.2, 0) is 19.6 Å². The largest absolute Gasteiger partial charge is 0.462 e. The minimum Gasteiger partial charge on any atom is -0.462 e. The van der Waals surface area contributed by atoms with Crippen molar-refractivity contribution in [3.05, 3.63) is 71.8 Å². The summed E-state index contributed by atoms with van der Waals surface area (Å²) in [5.74, 6) is -1.74. The number of hydrogen-bond donors (Lipinski definition) is 3. The Bertz CT molecular complexity index is 1350. The topological polar surface area (TPSA) is 131 Å². The first-order chi connectivity index (χ1) is 17.1. The zero-order valence-corrected chi connectivity index (χ0v) is 21.7. The van der Waals surface area contributed by atoms with Gasteiger partial charge in [-0.2, -0.15) is 0 Å². The van der Waals surface area contributed by atoms with Gasteiger partial charge in [0.05, 0.1) is 23.6 Å². The monoisotopic (exact) mass is 529 g/mol. The van der Waals surface area contributed by atoms with Crippen molar-refractivity contribution in [1.82, 2.24) is 10.0 Å².